The molecule has 0 aliphatic heterocycles. The lowest BCUT2D eigenvalue weighted by molar-refractivity contribution is -0.134. The van der Waals surface area contributed by atoms with Crippen LogP contribution in [0.25, 0.3) is 11.1 Å². The number of nitrogens with zero attached hydrogens (tertiary/aromatic N) is 2. The Balaban J connectivity index is 1.68. The van der Waals surface area contributed by atoms with Crippen molar-refractivity contribution in [2.45, 2.75) is 89.9 Å². The first-order chi connectivity index (χ1) is 17.4. The van der Waals surface area contributed by atoms with Crippen LogP contribution in [0.2, 0.25) is 0 Å². The number of rotatable bonds is 9. The van der Waals surface area contributed by atoms with Crippen LogP contribution < -0.4 is 9.47 Å². The maximum Gasteiger partial charge on any atom is 0.310 e. The van der Waals surface area contributed by atoms with Gasteiger partial charge in [0.25, 0.3) is 0 Å². The van der Waals surface area contributed by atoms with E-state index in [0.717, 1.165) is 24.8 Å². The van der Waals surface area contributed by atoms with Crippen molar-refractivity contribution in [1.82, 2.24) is 0 Å². The Bertz CT molecular complexity index is 1190. The van der Waals surface area contributed by atoms with Crippen molar-refractivity contribution in [3.05, 3.63) is 47.0 Å². The summed E-state index contributed by atoms with van der Waals surface area (Å²) in [4.78, 5) is 11.7. The molecule has 3 aliphatic carbocycles. The monoisotopic (exact) mass is 484 g/mol. The van der Waals surface area contributed by atoms with Crippen molar-refractivity contribution in [2.24, 2.45) is 5.41 Å². The highest BCUT2D eigenvalue weighted by molar-refractivity contribution is 5.80. The molecule has 5 heteroatoms. The van der Waals surface area contributed by atoms with Crippen LogP contribution in [0, 0.1) is 28.1 Å². The third-order valence-corrected chi connectivity index (χ3v) is 8.70. The average Bonchev–Trinajstić information content (AvgIpc) is 2.93. The predicted octanol–water partition coefficient (Wildman–Crippen LogP) is 7.59. The minimum absolute atomic E-state index is 0.00992. The van der Waals surface area contributed by atoms with Gasteiger partial charge in [-0.15, -0.1) is 0 Å². The zero-order chi connectivity index (χ0) is 25.8. The number of methoxy groups -OCH3 is 1. The number of carbonyl (C=O) groups is 1. The molecule has 0 heterocycles. The van der Waals surface area contributed by atoms with E-state index >= 15 is 0 Å². The number of hydrogen-bond donors (Lipinski definition) is 0. The molecule has 0 N–H and O–H groups in total. The number of carbonyl (C=O) groups excluding carboxylic acids is 1. The van der Waals surface area contributed by atoms with Gasteiger partial charge < -0.3 is 9.47 Å². The summed E-state index contributed by atoms with van der Waals surface area (Å²) < 4.78 is 10.9. The molecule has 0 unspecified atom stereocenters. The fraction of sp³-hybridized carbons (Fsp3) is 0.516. The fourth-order valence-electron chi connectivity index (χ4n) is 6.45. The molecule has 3 fully saturated rings. The summed E-state index contributed by atoms with van der Waals surface area (Å²) in [5.74, 6) is 0.561. The van der Waals surface area contributed by atoms with Gasteiger partial charge in [0.1, 0.15) is 23.6 Å². The second-order valence-electron chi connectivity index (χ2n) is 10.6. The van der Waals surface area contributed by atoms with E-state index in [4.69, 9.17) is 9.47 Å². The summed E-state index contributed by atoms with van der Waals surface area (Å²) >= 11 is 0. The van der Waals surface area contributed by atoms with E-state index < -0.39 is 0 Å². The minimum Gasteiger partial charge on any atom is -0.496 e. The minimum atomic E-state index is -0.327. The molecule has 0 amide bonds. The molecular formula is C31H36N2O3. The normalized spacial score (nSPS) is 22.5. The van der Waals surface area contributed by atoms with Crippen LogP contribution in [0.5, 0.6) is 11.5 Å². The third-order valence-electron chi connectivity index (χ3n) is 8.70. The standard InChI is InChI=1S/C31H36N2O3/c1-4-6-7-12-30-13-16-31(17-14-30,18-15-30)27-11-10-23(25(20-32)26(27)21-33)24-9-8-22(19-28(24)35-3)36-29(34)5-2/h8-11,19H,4-7,12-18H2,1-3H3. The Kier molecular flexibility index (Phi) is 7.70. The average molecular weight is 485 g/mol. The van der Waals surface area contributed by atoms with Gasteiger partial charge in [-0.1, -0.05) is 45.2 Å². The number of fused-ring (bicyclic) bond motifs is 3. The van der Waals surface area contributed by atoms with E-state index in [1.54, 1.807) is 32.2 Å². The summed E-state index contributed by atoms with van der Waals surface area (Å²) in [6.45, 7) is 4.00. The molecule has 36 heavy (non-hydrogen) atoms. The number of hydrogen-bond acceptors (Lipinski definition) is 5. The summed E-state index contributed by atoms with van der Waals surface area (Å²) in [6, 6.07) is 13.9. The molecular weight excluding hydrogens is 448 g/mol. The molecule has 5 nitrogen and oxygen atoms in total. The zero-order valence-corrected chi connectivity index (χ0v) is 21.8. The number of ether oxygens (including phenoxy) is 2. The molecule has 188 valence electrons. The molecule has 3 saturated carbocycles. The first-order valence-electron chi connectivity index (χ1n) is 13.3. The molecule has 0 aromatic heterocycles. The maximum absolute atomic E-state index is 11.7. The Morgan fingerprint density at radius 1 is 0.917 bits per heavy atom. The zero-order valence-electron chi connectivity index (χ0n) is 21.8. The summed E-state index contributed by atoms with van der Waals surface area (Å²) in [6.07, 6.45) is 12.4. The molecule has 0 radical (unpaired) electrons. The van der Waals surface area contributed by atoms with E-state index in [-0.39, 0.29) is 17.8 Å². The Morgan fingerprint density at radius 2 is 1.58 bits per heavy atom. The Labute approximate surface area is 215 Å². The van der Waals surface area contributed by atoms with E-state index in [0.29, 0.717) is 39.2 Å². The fourth-order valence-corrected chi connectivity index (χ4v) is 6.45. The lowest BCUT2D eigenvalue weighted by Gasteiger charge is -2.54. The third kappa shape index (κ3) is 4.72. The van der Waals surface area contributed by atoms with E-state index in [1.807, 2.05) is 6.07 Å². The lowest BCUT2D eigenvalue weighted by Crippen LogP contribution is -2.44. The molecule has 3 aliphatic rings. The first-order valence-corrected chi connectivity index (χ1v) is 13.3. The first kappa shape index (κ1) is 25.8. The predicted molar refractivity (Wildman–Crippen MR) is 140 cm³/mol. The van der Waals surface area contributed by atoms with Crippen molar-refractivity contribution >= 4 is 5.97 Å². The largest absolute Gasteiger partial charge is 0.496 e. The molecule has 0 atom stereocenters. The number of benzene rings is 2. The highest BCUT2D eigenvalue weighted by Gasteiger charge is 2.49. The second kappa shape index (κ2) is 10.8. The Hall–Kier alpha value is -3.31. The number of nitriles is 2. The van der Waals surface area contributed by atoms with Crippen LogP contribution in [0.1, 0.15) is 101 Å². The van der Waals surface area contributed by atoms with Crippen LogP contribution in [-0.4, -0.2) is 13.1 Å². The van der Waals surface area contributed by atoms with Crippen LogP contribution in [0.3, 0.4) is 0 Å². The van der Waals surface area contributed by atoms with Gasteiger partial charge in [-0.2, -0.15) is 10.5 Å². The van der Waals surface area contributed by atoms with Gasteiger partial charge in [-0.25, -0.2) is 0 Å². The summed E-state index contributed by atoms with van der Waals surface area (Å²) in [5, 5.41) is 20.5. The van der Waals surface area contributed by atoms with Gasteiger partial charge in [-0.05, 0) is 73.5 Å². The van der Waals surface area contributed by atoms with Crippen LogP contribution in [0.4, 0.5) is 0 Å². The molecule has 2 aromatic rings. The lowest BCUT2D eigenvalue weighted by atomic mass is 9.50. The van der Waals surface area contributed by atoms with Gasteiger partial charge in [0.15, 0.2) is 0 Å². The topological polar surface area (TPSA) is 83.1 Å². The highest BCUT2D eigenvalue weighted by Crippen LogP contribution is 2.60. The Morgan fingerprint density at radius 3 is 2.17 bits per heavy atom. The smallest absolute Gasteiger partial charge is 0.310 e. The quantitative estimate of drug-likeness (QED) is 0.208. The van der Waals surface area contributed by atoms with Crippen molar-refractivity contribution in [1.29, 1.82) is 10.5 Å². The van der Waals surface area contributed by atoms with E-state index in [2.05, 4.69) is 25.1 Å². The maximum atomic E-state index is 11.7. The molecule has 5 rings (SSSR count). The van der Waals surface area contributed by atoms with Crippen molar-refractivity contribution in [3.8, 4) is 34.8 Å². The number of esters is 1. The highest BCUT2D eigenvalue weighted by atomic mass is 16.5. The van der Waals surface area contributed by atoms with E-state index in [1.165, 1.54) is 44.9 Å². The molecule has 2 bridgehead atoms. The van der Waals surface area contributed by atoms with Gasteiger partial charge in [0, 0.05) is 23.6 Å². The van der Waals surface area contributed by atoms with Gasteiger partial charge in [0.2, 0.25) is 0 Å². The number of unbranched alkanes of at least 4 members (excludes halogenated alkanes) is 2. The summed E-state index contributed by atoms with van der Waals surface area (Å²) in [5.41, 5.74) is 3.78. The van der Waals surface area contributed by atoms with Crippen LogP contribution >= 0.6 is 0 Å². The van der Waals surface area contributed by atoms with Crippen LogP contribution in [-0.2, 0) is 10.2 Å². The van der Waals surface area contributed by atoms with Crippen molar-refractivity contribution in [2.75, 3.05) is 7.11 Å². The van der Waals surface area contributed by atoms with Gasteiger partial charge in [0.05, 0.1) is 18.2 Å². The van der Waals surface area contributed by atoms with E-state index in [9.17, 15) is 15.3 Å². The molecule has 0 saturated heterocycles. The molecule has 0 spiro atoms. The SMILES string of the molecule is CCCCCC12CCC(c3ccc(-c4ccc(OC(=O)CC)cc4OC)c(C#N)c3C#N)(CC1)CC2. The summed E-state index contributed by atoms with van der Waals surface area (Å²) in [7, 11) is 1.55. The molecule has 2 aromatic carbocycles. The van der Waals surface area contributed by atoms with Crippen molar-refractivity contribution < 1.29 is 14.3 Å². The van der Waals surface area contributed by atoms with Crippen molar-refractivity contribution in [3.63, 3.8) is 0 Å². The van der Waals surface area contributed by atoms with Gasteiger partial charge in [-0.3, -0.25) is 4.79 Å². The van der Waals surface area contributed by atoms with Gasteiger partial charge >= 0.3 is 5.97 Å². The van der Waals surface area contributed by atoms with Crippen LogP contribution in [0.15, 0.2) is 30.3 Å². The second-order valence-corrected chi connectivity index (χ2v) is 10.6.